The topological polar surface area (TPSA) is 41.6 Å². The maximum atomic E-state index is 12.2. The molecule has 1 heterocycles. The van der Waals surface area contributed by atoms with Crippen LogP contribution in [0.15, 0.2) is 77.7 Å². The Labute approximate surface area is 191 Å². The number of nitrogens with zero attached hydrogens (tertiary/aromatic N) is 1. The van der Waals surface area contributed by atoms with Crippen molar-refractivity contribution in [1.29, 1.82) is 0 Å². The fraction of sp³-hybridized carbons (Fsp3) is 0.120. The molecule has 0 atom stereocenters. The molecule has 0 radical (unpaired) electrons. The molecule has 0 aromatic heterocycles. The molecule has 1 fully saturated rings. The summed E-state index contributed by atoms with van der Waals surface area (Å²) in [5.41, 5.74) is 5.21. The van der Waals surface area contributed by atoms with Gasteiger partial charge in [-0.15, -0.1) is 0 Å². The van der Waals surface area contributed by atoms with Crippen LogP contribution in [0.4, 0.5) is 5.69 Å². The van der Waals surface area contributed by atoms with Crippen LogP contribution in [0.3, 0.4) is 0 Å². The van der Waals surface area contributed by atoms with Gasteiger partial charge < -0.3 is 15.0 Å². The molecular weight excluding hydrogens is 424 g/mol. The summed E-state index contributed by atoms with van der Waals surface area (Å²) in [6, 6.07) is 24.4. The number of hydrogen-bond donors (Lipinski definition) is 1. The predicted octanol–water partition coefficient (Wildman–Crippen LogP) is 5.49. The van der Waals surface area contributed by atoms with E-state index in [9.17, 15) is 4.79 Å². The fourth-order valence-corrected chi connectivity index (χ4v) is 4.26. The highest BCUT2D eigenvalue weighted by atomic mass is 32.2. The molecule has 6 heteroatoms. The van der Waals surface area contributed by atoms with Gasteiger partial charge >= 0.3 is 0 Å². The molecule has 156 valence electrons. The molecule has 0 unspecified atom stereocenters. The molecule has 3 aromatic rings. The van der Waals surface area contributed by atoms with Gasteiger partial charge in [-0.2, -0.15) is 0 Å². The summed E-state index contributed by atoms with van der Waals surface area (Å²) in [4.78, 5) is 14.8. The van der Waals surface area contributed by atoms with Crippen molar-refractivity contribution < 1.29 is 9.53 Å². The number of amides is 1. The van der Waals surface area contributed by atoms with Gasteiger partial charge in [0.15, 0.2) is 0 Å². The van der Waals surface area contributed by atoms with Gasteiger partial charge in [-0.25, -0.2) is 0 Å². The summed E-state index contributed by atoms with van der Waals surface area (Å²) < 4.78 is 6.58. The number of hydrogen-bond acceptors (Lipinski definition) is 5. The lowest BCUT2D eigenvalue weighted by atomic mass is 10.0. The lowest BCUT2D eigenvalue weighted by Gasteiger charge is -2.14. The summed E-state index contributed by atoms with van der Waals surface area (Å²) >= 11 is 6.40. The molecular formula is C25H22N2O2S2. The highest BCUT2D eigenvalue weighted by Gasteiger charge is 2.22. The molecule has 0 spiro atoms. The summed E-state index contributed by atoms with van der Waals surface area (Å²) in [6.07, 6.45) is 1.84. The Morgan fingerprint density at radius 2 is 1.71 bits per heavy atom. The number of thiocarbonyl (C=S) groups is 1. The standard InChI is InChI=1S/C25H22N2O2S2/c1-27(2)21-11-8-18(9-12-21)19-10-13-22(29-16-17-6-4-3-5-7-17)20(14-19)15-23-24(28)26-25(30)31-23/h3-15H,16H2,1-2H3,(H,26,28,30). The van der Waals surface area contributed by atoms with Crippen LogP contribution in [0.5, 0.6) is 5.75 Å². The Hall–Kier alpha value is -3.09. The zero-order valence-electron chi connectivity index (χ0n) is 17.3. The first-order valence-corrected chi connectivity index (χ1v) is 11.1. The van der Waals surface area contributed by atoms with Crippen molar-refractivity contribution in [2.24, 2.45) is 0 Å². The molecule has 31 heavy (non-hydrogen) atoms. The Kier molecular flexibility index (Phi) is 6.39. The fourth-order valence-electron chi connectivity index (χ4n) is 3.22. The van der Waals surface area contributed by atoms with Crippen LogP contribution in [0, 0.1) is 0 Å². The van der Waals surface area contributed by atoms with Gasteiger partial charge in [0.05, 0.1) is 4.91 Å². The molecule has 4 rings (SSSR count). The number of nitrogens with one attached hydrogen (secondary N) is 1. The smallest absolute Gasteiger partial charge is 0.263 e. The van der Waals surface area contributed by atoms with Gasteiger partial charge in [-0.3, -0.25) is 4.79 Å². The Bertz CT molecular complexity index is 1140. The molecule has 4 nitrogen and oxygen atoms in total. The second-order valence-corrected chi connectivity index (χ2v) is 9.04. The van der Waals surface area contributed by atoms with E-state index < -0.39 is 0 Å². The highest BCUT2D eigenvalue weighted by Crippen LogP contribution is 2.33. The lowest BCUT2D eigenvalue weighted by molar-refractivity contribution is -0.115. The number of benzene rings is 3. The van der Waals surface area contributed by atoms with Crippen molar-refractivity contribution in [3.8, 4) is 16.9 Å². The van der Waals surface area contributed by atoms with Gasteiger partial charge in [0.1, 0.15) is 16.7 Å². The Morgan fingerprint density at radius 1 is 1.00 bits per heavy atom. The normalized spacial score (nSPS) is 14.6. The molecule has 0 aliphatic carbocycles. The van der Waals surface area contributed by atoms with Crippen molar-refractivity contribution in [2.75, 3.05) is 19.0 Å². The van der Waals surface area contributed by atoms with E-state index in [-0.39, 0.29) is 5.91 Å². The maximum absolute atomic E-state index is 12.2. The summed E-state index contributed by atoms with van der Waals surface area (Å²) in [5, 5.41) is 2.67. The van der Waals surface area contributed by atoms with E-state index in [1.165, 1.54) is 11.8 Å². The average molecular weight is 447 g/mol. The molecule has 1 amide bonds. The van der Waals surface area contributed by atoms with Gasteiger partial charge in [0, 0.05) is 25.3 Å². The van der Waals surface area contributed by atoms with Crippen LogP contribution in [0.1, 0.15) is 11.1 Å². The van der Waals surface area contributed by atoms with Gasteiger partial charge in [0.2, 0.25) is 0 Å². The van der Waals surface area contributed by atoms with E-state index in [0.717, 1.165) is 33.7 Å². The van der Waals surface area contributed by atoms with E-state index in [2.05, 4.69) is 34.5 Å². The van der Waals surface area contributed by atoms with Crippen molar-refractivity contribution in [1.82, 2.24) is 5.32 Å². The van der Waals surface area contributed by atoms with Crippen molar-refractivity contribution in [3.63, 3.8) is 0 Å². The molecule has 1 aliphatic rings. The Balaban J connectivity index is 1.68. The maximum Gasteiger partial charge on any atom is 0.263 e. The van der Waals surface area contributed by atoms with Gasteiger partial charge in [0.25, 0.3) is 5.91 Å². The predicted molar refractivity (Wildman–Crippen MR) is 133 cm³/mol. The molecule has 3 aromatic carbocycles. The van der Waals surface area contributed by atoms with E-state index in [4.69, 9.17) is 17.0 Å². The number of carbonyl (C=O) groups excluding carboxylic acids is 1. The van der Waals surface area contributed by atoms with Crippen LogP contribution in [0.2, 0.25) is 0 Å². The van der Waals surface area contributed by atoms with Crippen LogP contribution < -0.4 is 15.0 Å². The molecule has 1 aliphatic heterocycles. The summed E-state index contributed by atoms with van der Waals surface area (Å²) in [5.74, 6) is 0.543. The van der Waals surface area contributed by atoms with Crippen LogP contribution in [0.25, 0.3) is 17.2 Å². The second kappa shape index (κ2) is 9.37. The first-order valence-electron chi connectivity index (χ1n) is 9.83. The molecule has 0 bridgehead atoms. The third-order valence-corrected chi connectivity index (χ3v) is 6.06. The number of thioether (sulfide) groups is 1. The van der Waals surface area contributed by atoms with Crippen LogP contribution in [-0.2, 0) is 11.4 Å². The number of carbonyl (C=O) groups is 1. The van der Waals surface area contributed by atoms with E-state index in [1.807, 2.05) is 68.7 Å². The second-order valence-electron chi connectivity index (χ2n) is 7.32. The van der Waals surface area contributed by atoms with E-state index in [0.29, 0.717) is 15.8 Å². The van der Waals surface area contributed by atoms with Crippen LogP contribution in [-0.4, -0.2) is 24.3 Å². The van der Waals surface area contributed by atoms with E-state index in [1.54, 1.807) is 0 Å². The minimum Gasteiger partial charge on any atom is -0.488 e. The minimum absolute atomic E-state index is 0.176. The first kappa shape index (κ1) is 21.2. The summed E-state index contributed by atoms with van der Waals surface area (Å²) in [6.45, 7) is 0.450. The third kappa shape index (κ3) is 5.16. The quantitative estimate of drug-likeness (QED) is 0.401. The van der Waals surface area contributed by atoms with Crippen molar-refractivity contribution in [2.45, 2.75) is 6.61 Å². The monoisotopic (exact) mass is 446 g/mol. The SMILES string of the molecule is CN(C)c1ccc(-c2ccc(OCc3ccccc3)c(C=C3SC(=S)NC3=O)c2)cc1. The highest BCUT2D eigenvalue weighted by molar-refractivity contribution is 8.26. The van der Waals surface area contributed by atoms with Crippen molar-refractivity contribution >= 4 is 46.0 Å². The first-order chi connectivity index (χ1) is 15.0. The Morgan fingerprint density at radius 3 is 2.35 bits per heavy atom. The third-order valence-electron chi connectivity index (χ3n) is 4.89. The largest absolute Gasteiger partial charge is 0.488 e. The number of rotatable bonds is 6. The van der Waals surface area contributed by atoms with E-state index >= 15 is 0 Å². The summed E-state index contributed by atoms with van der Waals surface area (Å²) in [7, 11) is 4.04. The minimum atomic E-state index is -0.176. The zero-order valence-corrected chi connectivity index (χ0v) is 18.9. The number of anilines is 1. The lowest BCUT2D eigenvalue weighted by Crippen LogP contribution is -2.17. The van der Waals surface area contributed by atoms with Crippen molar-refractivity contribution in [3.05, 3.63) is 88.8 Å². The molecule has 1 saturated heterocycles. The van der Waals surface area contributed by atoms with Crippen LogP contribution >= 0.6 is 24.0 Å². The van der Waals surface area contributed by atoms with Gasteiger partial charge in [-0.05, 0) is 47.0 Å². The average Bonchev–Trinajstić information content (AvgIpc) is 3.10. The zero-order chi connectivity index (χ0) is 21.8. The number of ether oxygens (including phenoxy) is 1. The molecule has 1 N–H and O–H groups in total. The molecule has 0 saturated carbocycles. The van der Waals surface area contributed by atoms with Gasteiger partial charge in [-0.1, -0.05) is 72.5 Å².